The number of benzene rings is 1. The first-order valence-corrected chi connectivity index (χ1v) is 7.97. The van der Waals surface area contributed by atoms with E-state index in [2.05, 4.69) is 0 Å². The highest BCUT2D eigenvalue weighted by molar-refractivity contribution is 6.14. The minimum absolute atomic E-state index is 0.0141. The lowest BCUT2D eigenvalue weighted by Crippen LogP contribution is -2.26. The molecule has 0 fully saturated rings. The van der Waals surface area contributed by atoms with Crippen LogP contribution in [0, 0.1) is 0 Å². The molecule has 0 bridgehead atoms. The van der Waals surface area contributed by atoms with E-state index in [9.17, 15) is 22.8 Å². The highest BCUT2D eigenvalue weighted by Crippen LogP contribution is 2.39. The highest BCUT2D eigenvalue weighted by Gasteiger charge is 2.38. The minimum atomic E-state index is -4.70. The average molecular weight is 371 g/mol. The topological polar surface area (TPSA) is 57.5 Å². The molecule has 1 aromatic heterocycles. The number of halogens is 3. The second-order valence-electron chi connectivity index (χ2n) is 6.70. The van der Waals surface area contributed by atoms with Gasteiger partial charge in [-0.2, -0.15) is 13.2 Å². The summed E-state index contributed by atoms with van der Waals surface area (Å²) in [5.41, 5.74) is -2.58. The second-order valence-corrected chi connectivity index (χ2v) is 6.70. The van der Waals surface area contributed by atoms with Gasteiger partial charge in [0.05, 0.1) is 12.2 Å². The summed E-state index contributed by atoms with van der Waals surface area (Å²) in [5, 5.41) is -0.375. The van der Waals surface area contributed by atoms with Gasteiger partial charge in [0, 0.05) is 18.0 Å². The Kier molecular flexibility index (Phi) is 5.07. The molecule has 1 heterocycles. The fourth-order valence-corrected chi connectivity index (χ4v) is 2.69. The van der Waals surface area contributed by atoms with Gasteiger partial charge in [-0.1, -0.05) is 6.07 Å². The number of hydrogen-bond donors (Lipinski definition) is 0. The summed E-state index contributed by atoms with van der Waals surface area (Å²) in [6, 6.07) is 3.49. The Bertz CT molecular complexity index is 860. The third-order valence-electron chi connectivity index (χ3n) is 3.60. The number of aryl methyl sites for hydroxylation is 1. The zero-order valence-electron chi connectivity index (χ0n) is 15.2. The average Bonchev–Trinajstić information content (AvgIpc) is 2.78. The third-order valence-corrected chi connectivity index (χ3v) is 3.60. The summed E-state index contributed by atoms with van der Waals surface area (Å²) in [4.78, 5) is 25.0. The molecule has 0 spiro atoms. The summed E-state index contributed by atoms with van der Waals surface area (Å²) in [6.07, 6.45) is -4.70. The number of rotatable bonds is 3. The molecule has 0 aliphatic carbocycles. The van der Waals surface area contributed by atoms with Crippen LogP contribution >= 0.6 is 0 Å². The Morgan fingerprint density at radius 2 is 1.73 bits per heavy atom. The van der Waals surface area contributed by atoms with Crippen molar-refractivity contribution >= 4 is 22.8 Å². The molecule has 142 valence electrons. The van der Waals surface area contributed by atoms with Crippen molar-refractivity contribution in [1.82, 2.24) is 4.57 Å². The number of hydrogen-bond acceptors (Lipinski definition) is 4. The van der Waals surface area contributed by atoms with Crippen LogP contribution in [0.2, 0.25) is 0 Å². The minimum Gasteiger partial charge on any atom is -0.461 e. The predicted molar refractivity (Wildman–Crippen MR) is 89.0 cm³/mol. The van der Waals surface area contributed by atoms with Gasteiger partial charge in [-0.15, -0.1) is 0 Å². The molecule has 0 saturated carbocycles. The fraction of sp³-hybridized carbons (Fsp3) is 0.444. The first-order valence-electron chi connectivity index (χ1n) is 7.97. The molecule has 2 aromatic rings. The molecule has 1 aromatic carbocycles. The maximum atomic E-state index is 13.5. The van der Waals surface area contributed by atoms with Gasteiger partial charge in [0.1, 0.15) is 16.9 Å². The van der Waals surface area contributed by atoms with Gasteiger partial charge in [-0.05, 0) is 39.8 Å². The molecule has 8 heteroatoms. The first-order chi connectivity index (χ1) is 11.9. The number of esters is 2. The molecule has 0 radical (unpaired) electrons. The van der Waals surface area contributed by atoms with E-state index in [1.165, 1.54) is 23.7 Å². The monoisotopic (exact) mass is 371 g/mol. The standard InChI is InChI=1S/C18H20F3NO4/c1-6-25-16(24)14-13(15(23)26-17(2,3)4)12-10(18(19,20)21)8-7-9-11(12)22(14)5/h7-9H,6H2,1-5H3. The van der Waals surface area contributed by atoms with Gasteiger partial charge >= 0.3 is 18.1 Å². The smallest absolute Gasteiger partial charge is 0.417 e. The zero-order chi connectivity index (χ0) is 19.9. The summed E-state index contributed by atoms with van der Waals surface area (Å²) in [7, 11) is 1.41. The summed E-state index contributed by atoms with van der Waals surface area (Å²) >= 11 is 0. The van der Waals surface area contributed by atoms with E-state index in [0.717, 1.165) is 6.07 Å². The Labute approximate surface area is 148 Å². The van der Waals surface area contributed by atoms with Crippen molar-refractivity contribution in [2.75, 3.05) is 6.61 Å². The number of carbonyl (C=O) groups excluding carboxylic acids is 2. The lowest BCUT2D eigenvalue weighted by Gasteiger charge is -2.20. The highest BCUT2D eigenvalue weighted by atomic mass is 19.4. The predicted octanol–water partition coefficient (Wildman–Crippen LogP) is 4.33. The molecule has 0 aliphatic rings. The Hall–Kier alpha value is -2.51. The van der Waals surface area contributed by atoms with E-state index in [1.54, 1.807) is 27.7 Å². The Morgan fingerprint density at radius 1 is 1.12 bits per heavy atom. The second kappa shape index (κ2) is 6.66. The summed E-state index contributed by atoms with van der Waals surface area (Å²) in [5.74, 6) is -1.90. The van der Waals surface area contributed by atoms with Crippen molar-refractivity contribution in [3.8, 4) is 0 Å². The number of alkyl halides is 3. The van der Waals surface area contributed by atoms with Crippen molar-refractivity contribution in [2.24, 2.45) is 7.05 Å². The van der Waals surface area contributed by atoms with E-state index in [-0.39, 0.29) is 23.2 Å². The van der Waals surface area contributed by atoms with E-state index in [1.807, 2.05) is 0 Å². The van der Waals surface area contributed by atoms with Gasteiger partial charge in [-0.3, -0.25) is 0 Å². The lowest BCUT2D eigenvalue weighted by atomic mass is 10.0. The van der Waals surface area contributed by atoms with Gasteiger partial charge in [0.15, 0.2) is 0 Å². The molecule has 5 nitrogen and oxygen atoms in total. The van der Waals surface area contributed by atoms with Crippen molar-refractivity contribution < 1.29 is 32.2 Å². The number of ether oxygens (including phenoxy) is 2. The van der Waals surface area contributed by atoms with E-state index in [4.69, 9.17) is 9.47 Å². The van der Waals surface area contributed by atoms with Crippen LogP contribution in [0.25, 0.3) is 10.9 Å². The molecule has 2 rings (SSSR count). The Morgan fingerprint density at radius 3 is 2.23 bits per heavy atom. The third kappa shape index (κ3) is 3.68. The van der Waals surface area contributed by atoms with Crippen molar-refractivity contribution in [3.63, 3.8) is 0 Å². The van der Waals surface area contributed by atoms with Crippen LogP contribution in [0.15, 0.2) is 18.2 Å². The Balaban J connectivity index is 2.89. The maximum Gasteiger partial charge on any atom is 0.417 e. The zero-order valence-corrected chi connectivity index (χ0v) is 15.2. The van der Waals surface area contributed by atoms with Crippen LogP contribution in [0.3, 0.4) is 0 Å². The molecule has 0 aliphatic heterocycles. The molecular weight excluding hydrogens is 351 g/mol. The molecule has 26 heavy (non-hydrogen) atoms. The number of nitrogens with zero attached hydrogens (tertiary/aromatic N) is 1. The van der Waals surface area contributed by atoms with E-state index >= 15 is 0 Å². The van der Waals surface area contributed by atoms with Gasteiger partial charge in [-0.25, -0.2) is 9.59 Å². The van der Waals surface area contributed by atoms with Gasteiger partial charge in [0.25, 0.3) is 0 Å². The number of fused-ring (bicyclic) bond motifs is 1. The van der Waals surface area contributed by atoms with E-state index in [0.29, 0.717) is 0 Å². The summed E-state index contributed by atoms with van der Waals surface area (Å²) in [6.45, 7) is 6.34. The molecule has 0 saturated heterocycles. The lowest BCUT2D eigenvalue weighted by molar-refractivity contribution is -0.136. The molecule has 0 atom stereocenters. The van der Waals surface area contributed by atoms with Gasteiger partial charge in [0.2, 0.25) is 0 Å². The van der Waals surface area contributed by atoms with Crippen LogP contribution in [-0.2, 0) is 22.7 Å². The molecular formula is C18H20F3NO4. The quantitative estimate of drug-likeness (QED) is 0.754. The van der Waals surface area contributed by atoms with Crippen molar-refractivity contribution in [3.05, 3.63) is 35.0 Å². The largest absolute Gasteiger partial charge is 0.461 e. The van der Waals surface area contributed by atoms with Crippen LogP contribution in [0.5, 0.6) is 0 Å². The summed E-state index contributed by atoms with van der Waals surface area (Å²) < 4.78 is 51.9. The van der Waals surface area contributed by atoms with Crippen molar-refractivity contribution in [1.29, 1.82) is 0 Å². The maximum absolute atomic E-state index is 13.5. The van der Waals surface area contributed by atoms with E-state index < -0.39 is 34.8 Å². The number of aromatic nitrogens is 1. The van der Waals surface area contributed by atoms with Crippen LogP contribution in [0.1, 0.15) is 54.1 Å². The van der Waals surface area contributed by atoms with Crippen molar-refractivity contribution in [2.45, 2.75) is 39.5 Å². The number of carbonyl (C=O) groups is 2. The normalized spacial score (nSPS) is 12.3. The molecule has 0 N–H and O–H groups in total. The van der Waals surface area contributed by atoms with Crippen LogP contribution < -0.4 is 0 Å². The fourth-order valence-electron chi connectivity index (χ4n) is 2.69. The van der Waals surface area contributed by atoms with Crippen LogP contribution in [-0.4, -0.2) is 28.7 Å². The first kappa shape index (κ1) is 19.8. The molecule has 0 unspecified atom stereocenters. The SMILES string of the molecule is CCOC(=O)c1c(C(=O)OC(C)(C)C)c2c(C(F)(F)F)cccc2n1C. The van der Waals surface area contributed by atoms with Gasteiger partial charge < -0.3 is 14.0 Å². The molecule has 0 amide bonds. The van der Waals surface area contributed by atoms with Crippen LogP contribution in [0.4, 0.5) is 13.2 Å².